The van der Waals surface area contributed by atoms with Crippen LogP contribution in [0.3, 0.4) is 0 Å². The Morgan fingerprint density at radius 3 is 2.23 bits per heavy atom. The molecule has 2 aliphatic rings. The summed E-state index contributed by atoms with van der Waals surface area (Å²) < 4.78 is 17.9. The van der Waals surface area contributed by atoms with Gasteiger partial charge in [-0.1, -0.05) is 17.7 Å². The minimum absolute atomic E-state index is 0.329. The van der Waals surface area contributed by atoms with Gasteiger partial charge in [0.05, 0.1) is 11.2 Å². The van der Waals surface area contributed by atoms with E-state index in [0.29, 0.717) is 5.92 Å². The lowest BCUT2D eigenvalue weighted by Crippen LogP contribution is -2.41. The second-order valence-corrected chi connectivity index (χ2v) is 7.68. The second kappa shape index (κ2) is 5.83. The summed E-state index contributed by atoms with van der Waals surface area (Å²) in [5.74, 6) is 0.460. The molecule has 2 saturated heterocycles. The summed E-state index contributed by atoms with van der Waals surface area (Å²) in [5.41, 5.74) is 1.69. The highest BCUT2D eigenvalue weighted by Gasteiger charge is 2.52. The highest BCUT2D eigenvalue weighted by Crippen LogP contribution is 2.38. The van der Waals surface area contributed by atoms with Crippen molar-refractivity contribution in [3.8, 4) is 0 Å². The molecule has 5 heteroatoms. The van der Waals surface area contributed by atoms with Crippen LogP contribution in [0.25, 0.3) is 0 Å². The summed E-state index contributed by atoms with van der Waals surface area (Å²) in [6.07, 6.45) is 2.04. The molecule has 1 aromatic rings. The third kappa shape index (κ3) is 2.94. The van der Waals surface area contributed by atoms with Gasteiger partial charge in [0.2, 0.25) is 0 Å². The quantitative estimate of drug-likeness (QED) is 0.780. The van der Waals surface area contributed by atoms with Gasteiger partial charge in [0.1, 0.15) is 0 Å². The average Bonchev–Trinajstić information content (AvgIpc) is 2.68. The zero-order valence-electron chi connectivity index (χ0n) is 13.8. The molecule has 3 nitrogen and oxygen atoms in total. The highest BCUT2D eigenvalue weighted by molar-refractivity contribution is 6.62. The van der Waals surface area contributed by atoms with E-state index in [9.17, 15) is 0 Å². The van der Waals surface area contributed by atoms with E-state index >= 15 is 0 Å². The zero-order valence-corrected chi connectivity index (χ0v) is 14.6. The lowest BCUT2D eigenvalue weighted by atomic mass is 9.72. The van der Waals surface area contributed by atoms with Crippen molar-refractivity contribution in [1.29, 1.82) is 0 Å². The molecule has 0 aromatic heterocycles. The Hall–Kier alpha value is -0.545. The van der Waals surface area contributed by atoms with Crippen LogP contribution in [0, 0.1) is 0 Å². The first-order valence-corrected chi connectivity index (χ1v) is 8.41. The minimum atomic E-state index is -0.333. The van der Waals surface area contributed by atoms with Crippen molar-refractivity contribution in [3.05, 3.63) is 28.8 Å². The minimum Gasteiger partial charge on any atom is -0.399 e. The summed E-state index contributed by atoms with van der Waals surface area (Å²) in [7, 11) is -0.333. The van der Waals surface area contributed by atoms with Gasteiger partial charge in [0, 0.05) is 18.2 Å². The number of halogens is 1. The lowest BCUT2D eigenvalue weighted by Gasteiger charge is -2.32. The molecule has 0 aliphatic carbocycles. The molecule has 0 saturated carbocycles. The molecule has 0 bridgehead atoms. The van der Waals surface area contributed by atoms with E-state index < -0.39 is 0 Å². The molecule has 2 fully saturated rings. The molecule has 22 heavy (non-hydrogen) atoms. The third-order valence-corrected chi connectivity index (χ3v) is 5.45. The molecule has 2 heterocycles. The fraction of sp³-hybridized carbons (Fsp3) is 0.647. The van der Waals surface area contributed by atoms with E-state index in [2.05, 4.69) is 39.8 Å². The SMILES string of the molecule is CC1(C)OB(c2ccc(Cl)cc2C2CCOCC2)OC1(C)C. The first kappa shape index (κ1) is 16.3. The first-order valence-electron chi connectivity index (χ1n) is 8.03. The molecule has 3 rings (SSSR count). The largest absolute Gasteiger partial charge is 0.495 e. The molecular weight excluding hydrogens is 298 g/mol. The lowest BCUT2D eigenvalue weighted by molar-refractivity contribution is 0.00578. The maximum atomic E-state index is 6.24. The molecular formula is C17H24BClO3. The number of hydrogen-bond acceptors (Lipinski definition) is 3. The van der Waals surface area contributed by atoms with E-state index in [0.717, 1.165) is 36.5 Å². The summed E-state index contributed by atoms with van der Waals surface area (Å²) in [6, 6.07) is 6.04. The van der Waals surface area contributed by atoms with Crippen LogP contribution < -0.4 is 5.46 Å². The summed E-state index contributed by atoms with van der Waals surface area (Å²) in [5, 5.41) is 0.766. The van der Waals surface area contributed by atoms with E-state index in [-0.39, 0.29) is 18.3 Å². The molecule has 0 atom stereocenters. The number of benzene rings is 1. The van der Waals surface area contributed by atoms with Crippen LogP contribution in [-0.2, 0) is 14.0 Å². The Morgan fingerprint density at radius 2 is 1.64 bits per heavy atom. The predicted molar refractivity (Wildman–Crippen MR) is 90.0 cm³/mol. The fourth-order valence-electron chi connectivity index (χ4n) is 3.09. The average molecular weight is 323 g/mol. The van der Waals surface area contributed by atoms with Gasteiger partial charge in [-0.3, -0.25) is 0 Å². The van der Waals surface area contributed by atoms with Crippen molar-refractivity contribution >= 4 is 24.2 Å². The highest BCUT2D eigenvalue weighted by atomic mass is 35.5. The van der Waals surface area contributed by atoms with Crippen LogP contribution in [0.4, 0.5) is 0 Å². The maximum Gasteiger partial charge on any atom is 0.495 e. The Kier molecular flexibility index (Phi) is 4.32. The zero-order chi connectivity index (χ0) is 16.0. The smallest absolute Gasteiger partial charge is 0.399 e. The van der Waals surface area contributed by atoms with Crippen LogP contribution in [0.1, 0.15) is 52.0 Å². The Labute approximate surface area is 138 Å². The molecule has 0 radical (unpaired) electrons. The van der Waals surface area contributed by atoms with Gasteiger partial charge < -0.3 is 14.0 Å². The Morgan fingerprint density at radius 1 is 1.05 bits per heavy atom. The second-order valence-electron chi connectivity index (χ2n) is 7.25. The van der Waals surface area contributed by atoms with Crippen LogP contribution in [0.5, 0.6) is 0 Å². The third-order valence-electron chi connectivity index (χ3n) is 5.22. The van der Waals surface area contributed by atoms with Crippen molar-refractivity contribution in [1.82, 2.24) is 0 Å². The van der Waals surface area contributed by atoms with Gasteiger partial charge in [-0.25, -0.2) is 0 Å². The van der Waals surface area contributed by atoms with E-state index in [1.807, 2.05) is 6.07 Å². The topological polar surface area (TPSA) is 27.7 Å². The van der Waals surface area contributed by atoms with E-state index in [1.165, 1.54) is 5.56 Å². The van der Waals surface area contributed by atoms with Crippen molar-refractivity contribution < 1.29 is 14.0 Å². The number of ether oxygens (including phenoxy) is 1. The van der Waals surface area contributed by atoms with Crippen LogP contribution >= 0.6 is 11.6 Å². The van der Waals surface area contributed by atoms with Crippen molar-refractivity contribution in [3.63, 3.8) is 0 Å². The normalized spacial score (nSPS) is 24.7. The van der Waals surface area contributed by atoms with Crippen molar-refractivity contribution in [2.24, 2.45) is 0 Å². The Balaban J connectivity index is 1.94. The molecule has 0 N–H and O–H groups in total. The number of hydrogen-bond donors (Lipinski definition) is 0. The molecule has 1 aromatic carbocycles. The molecule has 2 aliphatic heterocycles. The maximum absolute atomic E-state index is 6.24. The molecule has 0 amide bonds. The fourth-order valence-corrected chi connectivity index (χ4v) is 3.27. The molecule has 0 unspecified atom stereocenters. The van der Waals surface area contributed by atoms with Crippen LogP contribution in [0.2, 0.25) is 5.02 Å². The summed E-state index contributed by atoms with van der Waals surface area (Å²) >= 11 is 6.24. The van der Waals surface area contributed by atoms with Gasteiger partial charge in [-0.2, -0.15) is 0 Å². The number of rotatable bonds is 2. The monoisotopic (exact) mass is 322 g/mol. The van der Waals surface area contributed by atoms with Crippen LogP contribution in [0.15, 0.2) is 18.2 Å². The van der Waals surface area contributed by atoms with Gasteiger partial charge in [0.15, 0.2) is 0 Å². The first-order chi connectivity index (χ1) is 10.3. The molecule has 0 spiro atoms. The van der Waals surface area contributed by atoms with Gasteiger partial charge in [-0.05, 0) is 69.6 Å². The summed E-state index contributed by atoms with van der Waals surface area (Å²) in [4.78, 5) is 0. The summed E-state index contributed by atoms with van der Waals surface area (Å²) in [6.45, 7) is 9.93. The van der Waals surface area contributed by atoms with Crippen LogP contribution in [-0.4, -0.2) is 31.5 Å². The van der Waals surface area contributed by atoms with Gasteiger partial charge in [0.25, 0.3) is 0 Å². The predicted octanol–water partition coefficient (Wildman–Crippen LogP) is 3.53. The van der Waals surface area contributed by atoms with Crippen molar-refractivity contribution in [2.75, 3.05) is 13.2 Å². The van der Waals surface area contributed by atoms with Gasteiger partial charge >= 0.3 is 7.12 Å². The van der Waals surface area contributed by atoms with E-state index in [1.54, 1.807) is 0 Å². The van der Waals surface area contributed by atoms with Crippen molar-refractivity contribution in [2.45, 2.75) is 57.7 Å². The standard InChI is InChI=1S/C17H24BClO3/c1-16(2)17(3,4)22-18(21-16)15-6-5-13(19)11-14(15)12-7-9-20-10-8-12/h5-6,11-12H,7-10H2,1-4H3. The van der Waals surface area contributed by atoms with Gasteiger partial charge in [-0.15, -0.1) is 0 Å². The molecule has 120 valence electrons. The van der Waals surface area contributed by atoms with E-state index in [4.69, 9.17) is 25.6 Å². The Bertz CT molecular complexity index is 537.